The first-order valence-electron chi connectivity index (χ1n) is 4.06. The van der Waals surface area contributed by atoms with Gasteiger partial charge in [0, 0.05) is 18.3 Å². The summed E-state index contributed by atoms with van der Waals surface area (Å²) in [7, 11) is 0. The minimum absolute atomic E-state index is 0.127. The van der Waals surface area contributed by atoms with E-state index < -0.39 is 18.8 Å². The smallest absolute Gasteiger partial charge is 0.382 e. The Balaban J connectivity index is 2.17. The third-order valence-electron chi connectivity index (χ3n) is 1.91. The third-order valence-corrected chi connectivity index (χ3v) is 3.07. The van der Waals surface area contributed by atoms with E-state index in [-0.39, 0.29) is 6.04 Å². The van der Waals surface area contributed by atoms with E-state index in [0.29, 0.717) is 0 Å². The normalized spacial score (nSPS) is 26.3. The van der Waals surface area contributed by atoms with Crippen LogP contribution in [0.3, 0.4) is 0 Å². The maximum absolute atomic E-state index is 11.8. The molecule has 13 heavy (non-hydrogen) atoms. The summed E-state index contributed by atoms with van der Waals surface area (Å²) in [5.41, 5.74) is 0. The molecule has 2 nitrogen and oxygen atoms in total. The molecule has 2 N–H and O–H groups in total. The molecule has 2 unspecified atom stereocenters. The van der Waals surface area contributed by atoms with E-state index in [9.17, 15) is 13.2 Å². The number of hydrogen-bond acceptors (Lipinski definition) is 3. The van der Waals surface area contributed by atoms with Crippen LogP contribution in [0, 0.1) is 0 Å². The first kappa shape index (κ1) is 11.1. The molecule has 0 aliphatic carbocycles. The Hall–Kier alpha value is 0.0600. The lowest BCUT2D eigenvalue weighted by atomic mass is 10.2. The van der Waals surface area contributed by atoms with E-state index in [1.54, 1.807) is 11.8 Å². The minimum Gasteiger partial charge on any atom is -0.382 e. The standard InChI is InChI=1S/C7H12F3NOS/c8-7(9,10)6(12)3-11-5-1-2-13-4-5/h5-6,11-12H,1-4H2. The highest BCUT2D eigenvalue weighted by Gasteiger charge is 2.38. The SMILES string of the molecule is OC(CNC1CCSC1)C(F)(F)F. The fourth-order valence-electron chi connectivity index (χ4n) is 1.09. The molecule has 1 aliphatic rings. The van der Waals surface area contributed by atoms with E-state index in [1.807, 2.05) is 0 Å². The first-order chi connectivity index (χ1) is 6.00. The molecule has 0 saturated carbocycles. The van der Waals surface area contributed by atoms with Crippen molar-refractivity contribution in [3.8, 4) is 0 Å². The Morgan fingerprint density at radius 2 is 2.23 bits per heavy atom. The second kappa shape index (κ2) is 4.52. The van der Waals surface area contributed by atoms with Crippen molar-refractivity contribution >= 4 is 11.8 Å². The summed E-state index contributed by atoms with van der Waals surface area (Å²) < 4.78 is 35.5. The van der Waals surface area contributed by atoms with E-state index in [0.717, 1.165) is 17.9 Å². The van der Waals surface area contributed by atoms with Gasteiger partial charge in [-0.3, -0.25) is 0 Å². The highest BCUT2D eigenvalue weighted by molar-refractivity contribution is 7.99. The van der Waals surface area contributed by atoms with Gasteiger partial charge < -0.3 is 10.4 Å². The van der Waals surface area contributed by atoms with Gasteiger partial charge in [-0.1, -0.05) is 0 Å². The number of aliphatic hydroxyl groups excluding tert-OH is 1. The molecule has 1 rings (SSSR count). The largest absolute Gasteiger partial charge is 0.415 e. The van der Waals surface area contributed by atoms with Gasteiger partial charge in [0.15, 0.2) is 6.10 Å². The zero-order valence-electron chi connectivity index (χ0n) is 6.97. The van der Waals surface area contributed by atoms with Gasteiger partial charge in [-0.05, 0) is 12.2 Å². The van der Waals surface area contributed by atoms with Crippen LogP contribution in [0.5, 0.6) is 0 Å². The fourth-order valence-corrected chi connectivity index (χ4v) is 2.28. The van der Waals surface area contributed by atoms with E-state index in [1.165, 1.54) is 0 Å². The molecule has 0 aromatic heterocycles. The molecule has 6 heteroatoms. The van der Waals surface area contributed by atoms with Crippen LogP contribution in [0.25, 0.3) is 0 Å². The molecular weight excluding hydrogens is 203 g/mol. The molecular formula is C7H12F3NOS. The molecule has 78 valence electrons. The van der Waals surface area contributed by atoms with Crippen LogP contribution in [0.15, 0.2) is 0 Å². The van der Waals surface area contributed by atoms with Crippen LogP contribution < -0.4 is 5.32 Å². The summed E-state index contributed by atoms with van der Waals surface area (Å²) in [6.07, 6.45) is -5.85. The van der Waals surface area contributed by atoms with Crippen molar-refractivity contribution in [3.63, 3.8) is 0 Å². The summed E-state index contributed by atoms with van der Waals surface area (Å²) in [5, 5.41) is 11.3. The van der Waals surface area contributed by atoms with E-state index >= 15 is 0 Å². The number of halogens is 3. The van der Waals surface area contributed by atoms with Crippen LogP contribution >= 0.6 is 11.8 Å². The second-order valence-electron chi connectivity index (χ2n) is 3.03. The fraction of sp³-hybridized carbons (Fsp3) is 1.00. The molecule has 0 aromatic rings. The summed E-state index contributed by atoms with van der Waals surface area (Å²) in [6.45, 7) is -0.394. The molecule has 2 atom stereocenters. The molecule has 0 radical (unpaired) electrons. The molecule has 0 amide bonds. The van der Waals surface area contributed by atoms with Crippen LogP contribution in [0.2, 0.25) is 0 Å². The summed E-state index contributed by atoms with van der Waals surface area (Å²) in [5.74, 6) is 1.82. The average Bonchev–Trinajstić information content (AvgIpc) is 2.50. The van der Waals surface area contributed by atoms with Crippen molar-refractivity contribution < 1.29 is 18.3 Å². The summed E-state index contributed by atoms with van der Waals surface area (Å²) in [6, 6.07) is 0.127. The Morgan fingerprint density at radius 1 is 1.54 bits per heavy atom. The number of rotatable bonds is 3. The van der Waals surface area contributed by atoms with E-state index in [2.05, 4.69) is 5.32 Å². The number of thioether (sulfide) groups is 1. The van der Waals surface area contributed by atoms with Gasteiger partial charge in [-0.25, -0.2) is 0 Å². The van der Waals surface area contributed by atoms with Crippen LogP contribution in [-0.4, -0.2) is 41.5 Å². The Bertz CT molecular complexity index is 158. The molecule has 1 aliphatic heterocycles. The number of aliphatic hydroxyl groups is 1. The second-order valence-corrected chi connectivity index (χ2v) is 4.18. The van der Waals surface area contributed by atoms with Crippen molar-refractivity contribution in [2.75, 3.05) is 18.1 Å². The molecule has 1 saturated heterocycles. The molecule has 1 fully saturated rings. The van der Waals surface area contributed by atoms with Crippen molar-refractivity contribution in [2.24, 2.45) is 0 Å². The highest BCUT2D eigenvalue weighted by Crippen LogP contribution is 2.21. The quantitative estimate of drug-likeness (QED) is 0.736. The number of hydrogen-bond donors (Lipinski definition) is 2. The topological polar surface area (TPSA) is 32.3 Å². The van der Waals surface area contributed by atoms with Gasteiger partial charge in [0.2, 0.25) is 0 Å². The van der Waals surface area contributed by atoms with Gasteiger partial charge in [0.05, 0.1) is 0 Å². The molecule has 1 heterocycles. The lowest BCUT2D eigenvalue weighted by Crippen LogP contribution is -2.42. The predicted octanol–water partition coefficient (Wildman–Crippen LogP) is 1.00. The monoisotopic (exact) mass is 215 g/mol. The number of alkyl halides is 3. The van der Waals surface area contributed by atoms with Gasteiger partial charge >= 0.3 is 6.18 Å². The third kappa shape index (κ3) is 3.74. The Morgan fingerprint density at radius 3 is 2.69 bits per heavy atom. The molecule has 0 spiro atoms. The first-order valence-corrected chi connectivity index (χ1v) is 5.21. The van der Waals surface area contributed by atoms with Gasteiger partial charge in [0.25, 0.3) is 0 Å². The van der Waals surface area contributed by atoms with Crippen LogP contribution in [-0.2, 0) is 0 Å². The lowest BCUT2D eigenvalue weighted by Gasteiger charge is -2.17. The average molecular weight is 215 g/mol. The van der Waals surface area contributed by atoms with Gasteiger partial charge in [0.1, 0.15) is 0 Å². The summed E-state index contributed by atoms with van der Waals surface area (Å²) in [4.78, 5) is 0. The van der Waals surface area contributed by atoms with Gasteiger partial charge in [-0.2, -0.15) is 24.9 Å². The maximum Gasteiger partial charge on any atom is 0.415 e. The van der Waals surface area contributed by atoms with E-state index in [4.69, 9.17) is 5.11 Å². The van der Waals surface area contributed by atoms with Crippen LogP contribution in [0.4, 0.5) is 13.2 Å². The van der Waals surface area contributed by atoms with Crippen molar-refractivity contribution in [1.29, 1.82) is 0 Å². The van der Waals surface area contributed by atoms with Crippen molar-refractivity contribution in [2.45, 2.75) is 24.7 Å². The predicted molar refractivity (Wildman–Crippen MR) is 45.8 cm³/mol. The van der Waals surface area contributed by atoms with Crippen molar-refractivity contribution in [3.05, 3.63) is 0 Å². The van der Waals surface area contributed by atoms with Gasteiger partial charge in [-0.15, -0.1) is 0 Å². The van der Waals surface area contributed by atoms with Crippen molar-refractivity contribution in [1.82, 2.24) is 5.32 Å². The minimum atomic E-state index is -4.50. The lowest BCUT2D eigenvalue weighted by molar-refractivity contribution is -0.202. The zero-order chi connectivity index (χ0) is 9.90. The maximum atomic E-state index is 11.8. The molecule has 0 bridgehead atoms. The van der Waals surface area contributed by atoms with Crippen LogP contribution in [0.1, 0.15) is 6.42 Å². The number of nitrogens with one attached hydrogen (secondary N) is 1. The Labute approximate surface area is 78.9 Å². The molecule has 0 aromatic carbocycles. The zero-order valence-corrected chi connectivity index (χ0v) is 7.79. The summed E-state index contributed by atoms with van der Waals surface area (Å²) >= 11 is 1.72. The highest BCUT2D eigenvalue weighted by atomic mass is 32.2. The Kier molecular flexibility index (Phi) is 3.87.